The van der Waals surface area contributed by atoms with Gasteiger partial charge in [-0.05, 0) is 36.5 Å². The van der Waals surface area contributed by atoms with Crippen LogP contribution >= 0.6 is 11.8 Å². The standard InChI is InChI=1S/C13H16N2OS/c14-9-12(10-3-5-15-6-4-10)13(11-1-2-11)17-8-7-16/h3-6,11-13,16H,1-2,7-8H2. The van der Waals surface area contributed by atoms with Gasteiger partial charge in [0.15, 0.2) is 0 Å². The van der Waals surface area contributed by atoms with Crippen LogP contribution in [-0.4, -0.2) is 27.7 Å². The van der Waals surface area contributed by atoms with Crippen LogP contribution in [-0.2, 0) is 0 Å². The molecule has 90 valence electrons. The zero-order chi connectivity index (χ0) is 12.1. The fourth-order valence-corrected chi connectivity index (χ4v) is 3.36. The molecule has 1 aromatic heterocycles. The minimum Gasteiger partial charge on any atom is -0.396 e. The quantitative estimate of drug-likeness (QED) is 0.838. The topological polar surface area (TPSA) is 56.9 Å². The van der Waals surface area contributed by atoms with Gasteiger partial charge in [0.1, 0.15) is 0 Å². The van der Waals surface area contributed by atoms with Crippen LogP contribution in [0.1, 0.15) is 24.3 Å². The van der Waals surface area contributed by atoms with Crippen LogP contribution in [0.15, 0.2) is 24.5 Å². The minimum absolute atomic E-state index is 0.0814. The summed E-state index contributed by atoms with van der Waals surface area (Å²) in [5.41, 5.74) is 1.05. The molecule has 2 rings (SSSR count). The molecule has 0 amide bonds. The molecule has 0 saturated heterocycles. The molecule has 0 radical (unpaired) electrons. The molecule has 0 aromatic carbocycles. The van der Waals surface area contributed by atoms with Crippen molar-refractivity contribution in [1.82, 2.24) is 4.98 Å². The van der Waals surface area contributed by atoms with Crippen molar-refractivity contribution in [3.8, 4) is 6.07 Å². The third-order valence-corrected chi connectivity index (χ3v) is 4.48. The van der Waals surface area contributed by atoms with E-state index in [1.807, 2.05) is 12.1 Å². The number of nitriles is 1. The molecule has 1 saturated carbocycles. The van der Waals surface area contributed by atoms with Crippen molar-refractivity contribution < 1.29 is 5.11 Å². The second kappa shape index (κ2) is 6.04. The van der Waals surface area contributed by atoms with Crippen molar-refractivity contribution in [3.05, 3.63) is 30.1 Å². The molecular formula is C13H16N2OS. The highest BCUT2D eigenvalue weighted by molar-refractivity contribution is 8.00. The molecule has 0 spiro atoms. The lowest BCUT2D eigenvalue weighted by atomic mass is 9.95. The summed E-state index contributed by atoms with van der Waals surface area (Å²) >= 11 is 1.73. The lowest BCUT2D eigenvalue weighted by molar-refractivity contribution is 0.322. The molecule has 3 nitrogen and oxygen atoms in total. The largest absolute Gasteiger partial charge is 0.396 e. The Labute approximate surface area is 106 Å². The van der Waals surface area contributed by atoms with Gasteiger partial charge in [0, 0.05) is 23.4 Å². The second-order valence-electron chi connectivity index (χ2n) is 4.28. The fraction of sp³-hybridized carbons (Fsp3) is 0.538. The minimum atomic E-state index is -0.0814. The Morgan fingerprint density at radius 3 is 2.71 bits per heavy atom. The molecular weight excluding hydrogens is 232 g/mol. The van der Waals surface area contributed by atoms with E-state index in [0.717, 1.165) is 5.56 Å². The van der Waals surface area contributed by atoms with Gasteiger partial charge in [0.2, 0.25) is 0 Å². The number of aliphatic hydroxyl groups is 1. The van der Waals surface area contributed by atoms with Gasteiger partial charge in [-0.25, -0.2) is 0 Å². The second-order valence-corrected chi connectivity index (χ2v) is 5.57. The summed E-state index contributed by atoms with van der Waals surface area (Å²) in [7, 11) is 0. The van der Waals surface area contributed by atoms with E-state index in [-0.39, 0.29) is 12.5 Å². The van der Waals surface area contributed by atoms with Gasteiger partial charge in [-0.2, -0.15) is 17.0 Å². The van der Waals surface area contributed by atoms with E-state index < -0.39 is 0 Å². The first kappa shape index (κ1) is 12.4. The van der Waals surface area contributed by atoms with Crippen molar-refractivity contribution in [3.63, 3.8) is 0 Å². The first-order chi connectivity index (χ1) is 8.36. The molecule has 2 unspecified atom stereocenters. The first-order valence-corrected chi connectivity index (χ1v) is 6.93. The zero-order valence-electron chi connectivity index (χ0n) is 9.62. The normalized spacial score (nSPS) is 18.4. The number of nitrogens with zero attached hydrogens (tertiary/aromatic N) is 2. The highest BCUT2D eigenvalue weighted by Gasteiger charge is 2.37. The van der Waals surface area contributed by atoms with Crippen LogP contribution in [0.2, 0.25) is 0 Å². The number of aromatic nitrogens is 1. The van der Waals surface area contributed by atoms with E-state index in [1.54, 1.807) is 24.2 Å². The molecule has 17 heavy (non-hydrogen) atoms. The third-order valence-electron chi connectivity index (χ3n) is 3.02. The molecule has 1 heterocycles. The zero-order valence-corrected chi connectivity index (χ0v) is 10.4. The van der Waals surface area contributed by atoms with Gasteiger partial charge >= 0.3 is 0 Å². The predicted octanol–water partition coefficient (Wildman–Crippen LogP) is 2.19. The van der Waals surface area contributed by atoms with Gasteiger partial charge in [-0.3, -0.25) is 4.98 Å². The number of rotatable bonds is 6. The molecule has 1 N–H and O–H groups in total. The Balaban J connectivity index is 2.12. The highest BCUT2D eigenvalue weighted by atomic mass is 32.2. The maximum atomic E-state index is 9.38. The molecule has 1 fully saturated rings. The van der Waals surface area contributed by atoms with Crippen molar-refractivity contribution in [1.29, 1.82) is 5.26 Å². The summed E-state index contributed by atoms with van der Waals surface area (Å²) < 4.78 is 0. The first-order valence-electron chi connectivity index (χ1n) is 5.89. The van der Waals surface area contributed by atoms with Crippen molar-refractivity contribution >= 4 is 11.8 Å². The van der Waals surface area contributed by atoms with Crippen LogP contribution in [0, 0.1) is 17.2 Å². The highest BCUT2D eigenvalue weighted by Crippen LogP contribution is 2.45. The van der Waals surface area contributed by atoms with E-state index in [2.05, 4.69) is 11.1 Å². The maximum absolute atomic E-state index is 9.38. The molecule has 2 atom stereocenters. The van der Waals surface area contributed by atoms with Crippen molar-refractivity contribution in [2.24, 2.45) is 5.92 Å². The van der Waals surface area contributed by atoms with Crippen LogP contribution in [0.4, 0.5) is 0 Å². The number of aliphatic hydroxyl groups excluding tert-OH is 1. The molecule has 1 aromatic rings. The Morgan fingerprint density at radius 2 is 2.18 bits per heavy atom. The Bertz CT molecular complexity index is 386. The fourth-order valence-electron chi connectivity index (χ4n) is 2.03. The van der Waals surface area contributed by atoms with Crippen molar-refractivity contribution in [2.75, 3.05) is 12.4 Å². The smallest absolute Gasteiger partial charge is 0.0835 e. The van der Waals surface area contributed by atoms with Gasteiger partial charge < -0.3 is 5.11 Å². The van der Waals surface area contributed by atoms with E-state index in [1.165, 1.54) is 12.8 Å². The average Bonchev–Trinajstić information content (AvgIpc) is 3.20. The molecule has 0 bridgehead atoms. The molecule has 4 heteroatoms. The van der Waals surface area contributed by atoms with Crippen LogP contribution in [0.25, 0.3) is 0 Å². The lowest BCUT2D eigenvalue weighted by Crippen LogP contribution is -2.17. The summed E-state index contributed by atoms with van der Waals surface area (Å²) in [6, 6.07) is 6.26. The number of hydrogen-bond acceptors (Lipinski definition) is 4. The molecule has 1 aliphatic rings. The number of hydrogen-bond donors (Lipinski definition) is 1. The Hall–Kier alpha value is -1.05. The van der Waals surface area contributed by atoms with E-state index in [0.29, 0.717) is 16.9 Å². The Morgan fingerprint density at radius 1 is 1.47 bits per heavy atom. The third kappa shape index (κ3) is 3.21. The van der Waals surface area contributed by atoms with Crippen molar-refractivity contribution in [2.45, 2.75) is 24.0 Å². The number of pyridine rings is 1. The number of thioether (sulfide) groups is 1. The summed E-state index contributed by atoms with van der Waals surface area (Å²) in [5, 5.41) is 18.6. The summed E-state index contributed by atoms with van der Waals surface area (Å²) in [6.45, 7) is 0.183. The van der Waals surface area contributed by atoms with Crippen LogP contribution < -0.4 is 0 Å². The predicted molar refractivity (Wildman–Crippen MR) is 68.6 cm³/mol. The lowest BCUT2D eigenvalue weighted by Gasteiger charge is -2.21. The van der Waals surface area contributed by atoms with E-state index in [4.69, 9.17) is 5.11 Å². The van der Waals surface area contributed by atoms with Crippen LogP contribution in [0.3, 0.4) is 0 Å². The average molecular weight is 248 g/mol. The SMILES string of the molecule is N#CC(c1ccncc1)C(SCCO)C1CC1. The maximum Gasteiger partial charge on any atom is 0.0835 e. The molecule has 1 aliphatic carbocycles. The Kier molecular flexibility index (Phi) is 4.41. The van der Waals surface area contributed by atoms with E-state index >= 15 is 0 Å². The van der Waals surface area contributed by atoms with Crippen LogP contribution in [0.5, 0.6) is 0 Å². The summed E-state index contributed by atoms with van der Waals surface area (Å²) in [5.74, 6) is 1.27. The summed E-state index contributed by atoms with van der Waals surface area (Å²) in [4.78, 5) is 3.99. The van der Waals surface area contributed by atoms with Gasteiger partial charge in [0.05, 0.1) is 18.6 Å². The van der Waals surface area contributed by atoms with E-state index in [9.17, 15) is 5.26 Å². The van der Waals surface area contributed by atoms with Gasteiger partial charge in [-0.15, -0.1) is 0 Å². The van der Waals surface area contributed by atoms with Gasteiger partial charge in [0.25, 0.3) is 0 Å². The monoisotopic (exact) mass is 248 g/mol. The molecule has 0 aliphatic heterocycles. The van der Waals surface area contributed by atoms with Gasteiger partial charge in [-0.1, -0.05) is 0 Å². The summed E-state index contributed by atoms with van der Waals surface area (Å²) in [6.07, 6.45) is 5.90.